The first-order chi connectivity index (χ1) is 17.0. The Kier molecular flexibility index (Phi) is 6.38. The third kappa shape index (κ3) is 4.70. The number of hydrogen-bond donors (Lipinski definition) is 1. The van der Waals surface area contributed by atoms with Crippen molar-refractivity contribution in [2.45, 2.75) is 19.4 Å². The highest BCUT2D eigenvalue weighted by Crippen LogP contribution is 2.27. The number of rotatable bonds is 6. The first-order valence-electron chi connectivity index (χ1n) is 11.5. The Morgan fingerprint density at radius 3 is 2.43 bits per heavy atom. The molecule has 3 amide bonds. The van der Waals surface area contributed by atoms with Crippen molar-refractivity contribution in [3.05, 3.63) is 112 Å². The van der Waals surface area contributed by atoms with E-state index < -0.39 is 11.8 Å². The van der Waals surface area contributed by atoms with E-state index in [2.05, 4.69) is 11.4 Å². The number of carbonyl (C=O) groups is 3. The van der Waals surface area contributed by atoms with Crippen molar-refractivity contribution in [3.8, 4) is 0 Å². The number of benzene rings is 3. The van der Waals surface area contributed by atoms with Crippen molar-refractivity contribution < 1.29 is 14.4 Å². The first-order valence-corrected chi connectivity index (χ1v) is 11.9. The van der Waals surface area contributed by atoms with Gasteiger partial charge in [-0.05, 0) is 47.7 Å². The number of fused-ring (bicyclic) bond motifs is 1. The fourth-order valence-corrected chi connectivity index (χ4v) is 4.70. The molecule has 0 fully saturated rings. The molecule has 0 saturated carbocycles. The summed E-state index contributed by atoms with van der Waals surface area (Å²) in [5.74, 6) is -1.07. The molecule has 1 N–H and O–H groups in total. The predicted molar refractivity (Wildman–Crippen MR) is 135 cm³/mol. The first kappa shape index (κ1) is 22.9. The number of nitrogens with one attached hydrogen (secondary N) is 1. The van der Waals surface area contributed by atoms with Gasteiger partial charge in [0.2, 0.25) is 0 Å². The van der Waals surface area contributed by atoms with Crippen LogP contribution in [-0.2, 0) is 29.0 Å². The summed E-state index contributed by atoms with van der Waals surface area (Å²) in [5, 5.41) is 2.83. The predicted octanol–water partition coefficient (Wildman–Crippen LogP) is 4.36. The van der Waals surface area contributed by atoms with Crippen molar-refractivity contribution in [2.24, 2.45) is 0 Å². The summed E-state index contributed by atoms with van der Waals surface area (Å²) in [4.78, 5) is 41.8. The second-order valence-corrected chi connectivity index (χ2v) is 9.02. The van der Waals surface area contributed by atoms with E-state index in [0.29, 0.717) is 30.8 Å². The molecule has 0 bridgehead atoms. The van der Waals surface area contributed by atoms with Crippen LogP contribution in [-0.4, -0.2) is 40.6 Å². The van der Waals surface area contributed by atoms with Gasteiger partial charge in [0.05, 0.1) is 0 Å². The maximum absolute atomic E-state index is 13.2. The Labute approximate surface area is 208 Å². The lowest BCUT2D eigenvalue weighted by molar-refractivity contribution is -0.137. The number of carbonyl (C=O) groups excluding carboxylic acids is 3. The summed E-state index contributed by atoms with van der Waals surface area (Å²) in [7, 11) is 0. The van der Waals surface area contributed by atoms with E-state index in [-0.39, 0.29) is 23.2 Å². The van der Waals surface area contributed by atoms with Gasteiger partial charge in [0, 0.05) is 30.9 Å². The number of imide groups is 1. The van der Waals surface area contributed by atoms with Crippen LogP contribution in [0.25, 0.3) is 0 Å². The van der Waals surface area contributed by atoms with Crippen LogP contribution in [0.1, 0.15) is 27.0 Å². The van der Waals surface area contributed by atoms with Gasteiger partial charge in [0.25, 0.3) is 17.7 Å². The summed E-state index contributed by atoms with van der Waals surface area (Å²) < 4.78 is 0. The second kappa shape index (κ2) is 9.76. The summed E-state index contributed by atoms with van der Waals surface area (Å²) in [6.07, 6.45) is 1.36. The van der Waals surface area contributed by atoms with Gasteiger partial charge in [-0.1, -0.05) is 72.3 Å². The smallest absolute Gasteiger partial charge is 0.278 e. The molecule has 0 spiro atoms. The largest absolute Gasteiger partial charge is 0.350 e. The molecule has 6 nitrogen and oxygen atoms in total. The van der Waals surface area contributed by atoms with E-state index in [4.69, 9.17) is 11.6 Å². The Bertz CT molecular complexity index is 1340. The molecule has 3 aromatic carbocycles. The number of anilines is 1. The minimum atomic E-state index is -0.519. The van der Waals surface area contributed by atoms with Crippen LogP contribution in [0.15, 0.2) is 89.6 Å². The standard InChI is InChI=1S/C28H24ClN3O3/c29-24-25(28(35)32(27(24)34)16-13-19-7-2-1-3-8-19)30-23-12-6-11-21(17-23)26(33)31-15-14-20-9-4-5-10-22(20)18-31/h1-12,17,30H,13-16,18H2. The van der Waals surface area contributed by atoms with Crippen LogP contribution < -0.4 is 5.32 Å². The van der Waals surface area contributed by atoms with Crippen LogP contribution in [0.5, 0.6) is 0 Å². The second-order valence-electron chi connectivity index (χ2n) is 8.64. The van der Waals surface area contributed by atoms with Crippen LogP contribution in [0.2, 0.25) is 0 Å². The molecular weight excluding hydrogens is 462 g/mol. The minimum absolute atomic E-state index is 0.0289. The third-order valence-electron chi connectivity index (χ3n) is 6.38. The number of hydrogen-bond acceptors (Lipinski definition) is 4. The van der Waals surface area contributed by atoms with Gasteiger partial charge in [0.15, 0.2) is 0 Å². The van der Waals surface area contributed by atoms with Crippen molar-refractivity contribution >= 4 is 35.0 Å². The zero-order valence-corrected chi connectivity index (χ0v) is 19.8. The maximum atomic E-state index is 13.2. The molecule has 0 unspecified atom stereocenters. The molecule has 0 aliphatic carbocycles. The molecule has 0 atom stereocenters. The Morgan fingerprint density at radius 1 is 0.886 bits per heavy atom. The fraction of sp³-hybridized carbons (Fsp3) is 0.179. The van der Waals surface area contributed by atoms with E-state index in [0.717, 1.165) is 22.4 Å². The van der Waals surface area contributed by atoms with Crippen molar-refractivity contribution in [3.63, 3.8) is 0 Å². The van der Waals surface area contributed by atoms with Gasteiger partial charge in [-0.2, -0.15) is 0 Å². The summed E-state index contributed by atoms with van der Waals surface area (Å²) in [6.45, 7) is 1.44. The molecule has 0 radical (unpaired) electrons. The Morgan fingerprint density at radius 2 is 1.63 bits per heavy atom. The van der Waals surface area contributed by atoms with Gasteiger partial charge in [-0.25, -0.2) is 0 Å². The highest BCUT2D eigenvalue weighted by Gasteiger charge is 2.37. The number of amides is 3. The average Bonchev–Trinajstić information content (AvgIpc) is 3.10. The van der Waals surface area contributed by atoms with Gasteiger partial charge < -0.3 is 10.2 Å². The number of halogens is 1. The van der Waals surface area contributed by atoms with Crippen LogP contribution in [0.4, 0.5) is 5.69 Å². The van der Waals surface area contributed by atoms with Gasteiger partial charge in [-0.15, -0.1) is 0 Å². The van der Waals surface area contributed by atoms with Gasteiger partial charge in [0.1, 0.15) is 10.7 Å². The highest BCUT2D eigenvalue weighted by molar-refractivity contribution is 6.48. The van der Waals surface area contributed by atoms with Gasteiger partial charge >= 0.3 is 0 Å². The van der Waals surface area contributed by atoms with E-state index in [1.54, 1.807) is 24.3 Å². The molecule has 3 aromatic rings. The molecule has 35 heavy (non-hydrogen) atoms. The normalized spacial score (nSPS) is 15.5. The summed E-state index contributed by atoms with van der Waals surface area (Å²) >= 11 is 6.25. The molecule has 0 saturated heterocycles. The SMILES string of the molecule is O=C(c1cccc(NC2=C(Cl)C(=O)N(CCc3ccccc3)C2=O)c1)N1CCc2ccccc2C1. The van der Waals surface area contributed by atoms with Crippen molar-refractivity contribution in [1.29, 1.82) is 0 Å². The summed E-state index contributed by atoms with van der Waals surface area (Å²) in [5.41, 5.74) is 4.51. The molecule has 176 valence electrons. The molecule has 0 aromatic heterocycles. The lowest BCUT2D eigenvalue weighted by Crippen LogP contribution is -2.36. The van der Waals surface area contributed by atoms with E-state index >= 15 is 0 Å². The molecule has 2 aliphatic heterocycles. The van der Waals surface area contributed by atoms with E-state index in [1.807, 2.05) is 53.4 Å². The van der Waals surface area contributed by atoms with Crippen LogP contribution in [0.3, 0.4) is 0 Å². The molecular formula is C28H24ClN3O3. The molecule has 5 rings (SSSR count). The molecule has 2 heterocycles. The average molecular weight is 486 g/mol. The van der Waals surface area contributed by atoms with Crippen molar-refractivity contribution in [2.75, 3.05) is 18.4 Å². The van der Waals surface area contributed by atoms with Gasteiger partial charge in [-0.3, -0.25) is 19.3 Å². The quantitative estimate of drug-likeness (QED) is 0.527. The van der Waals surface area contributed by atoms with Crippen molar-refractivity contribution in [1.82, 2.24) is 9.80 Å². The topological polar surface area (TPSA) is 69.7 Å². The monoisotopic (exact) mass is 485 g/mol. The zero-order chi connectivity index (χ0) is 24.4. The molecule has 7 heteroatoms. The highest BCUT2D eigenvalue weighted by atomic mass is 35.5. The summed E-state index contributed by atoms with van der Waals surface area (Å²) in [6, 6.07) is 24.7. The maximum Gasteiger partial charge on any atom is 0.278 e. The van der Waals surface area contributed by atoms with E-state index in [1.165, 1.54) is 5.56 Å². The minimum Gasteiger partial charge on any atom is -0.350 e. The Balaban J connectivity index is 1.28. The van der Waals surface area contributed by atoms with Crippen LogP contribution in [0, 0.1) is 0 Å². The Hall–Kier alpha value is -3.90. The zero-order valence-electron chi connectivity index (χ0n) is 19.0. The third-order valence-corrected chi connectivity index (χ3v) is 6.73. The number of nitrogens with zero attached hydrogens (tertiary/aromatic N) is 2. The lowest BCUT2D eigenvalue weighted by Gasteiger charge is -2.29. The van der Waals surface area contributed by atoms with Crippen LogP contribution >= 0.6 is 11.6 Å². The fourth-order valence-electron chi connectivity index (χ4n) is 4.47. The molecule has 2 aliphatic rings. The van der Waals surface area contributed by atoms with E-state index in [9.17, 15) is 14.4 Å². The lowest BCUT2D eigenvalue weighted by atomic mass is 9.99.